The number of rotatable bonds is 8. The quantitative estimate of drug-likeness (QED) is 0.504. The number of hydrogen-bond donors (Lipinski definition) is 2. The molecule has 172 valence electrons. The highest BCUT2D eigenvalue weighted by Crippen LogP contribution is 2.25. The Kier molecular flexibility index (Phi) is 6.82. The summed E-state index contributed by atoms with van der Waals surface area (Å²) in [6.07, 6.45) is 1.41. The molecule has 34 heavy (non-hydrogen) atoms. The third-order valence-corrected chi connectivity index (χ3v) is 5.64. The van der Waals surface area contributed by atoms with Crippen LogP contribution < -0.4 is 10.6 Å². The minimum atomic E-state index is -0.408. The van der Waals surface area contributed by atoms with E-state index in [1.165, 1.54) is 23.1 Å². The summed E-state index contributed by atoms with van der Waals surface area (Å²) < 4.78 is 0. The smallest absolute Gasteiger partial charge is 0.261 e. The molecule has 3 aromatic rings. The number of fused-ring (bicyclic) bond motifs is 1. The van der Waals surface area contributed by atoms with Crippen LogP contribution in [0.4, 0.5) is 5.69 Å². The molecule has 4 rings (SSSR count). The zero-order valence-corrected chi connectivity index (χ0v) is 18.8. The Morgan fingerprint density at radius 2 is 1.47 bits per heavy atom. The predicted molar refractivity (Wildman–Crippen MR) is 129 cm³/mol. The second kappa shape index (κ2) is 10.1. The van der Waals surface area contributed by atoms with Gasteiger partial charge in [0.25, 0.3) is 23.6 Å². The lowest BCUT2D eigenvalue weighted by Gasteiger charge is -2.13. The van der Waals surface area contributed by atoms with E-state index in [0.717, 1.165) is 12.0 Å². The third kappa shape index (κ3) is 4.88. The number of carbonyl (C=O) groups excluding carboxylic acids is 4. The molecule has 0 spiro atoms. The lowest BCUT2D eigenvalue weighted by Crippen LogP contribution is -2.31. The predicted octanol–water partition coefficient (Wildman–Crippen LogP) is 3.92. The van der Waals surface area contributed by atoms with Crippen LogP contribution in [0.15, 0.2) is 72.8 Å². The molecule has 0 saturated carbocycles. The van der Waals surface area contributed by atoms with Crippen molar-refractivity contribution in [3.05, 3.63) is 101 Å². The van der Waals surface area contributed by atoms with Crippen molar-refractivity contribution in [1.82, 2.24) is 10.2 Å². The van der Waals surface area contributed by atoms with Gasteiger partial charge in [-0.25, -0.2) is 0 Å². The minimum Gasteiger partial charge on any atom is -0.352 e. The third-order valence-electron chi connectivity index (χ3n) is 5.64. The monoisotopic (exact) mass is 455 g/mol. The average molecular weight is 456 g/mol. The molecule has 2 N–H and O–H groups in total. The van der Waals surface area contributed by atoms with Crippen LogP contribution in [-0.2, 0) is 6.42 Å². The van der Waals surface area contributed by atoms with Crippen molar-refractivity contribution in [3.63, 3.8) is 0 Å². The number of nitrogens with one attached hydrogen (secondary N) is 2. The second-order valence-corrected chi connectivity index (χ2v) is 8.05. The Balaban J connectivity index is 1.43. The molecule has 1 aliphatic heterocycles. The molecule has 7 heteroatoms. The van der Waals surface area contributed by atoms with Crippen molar-refractivity contribution >= 4 is 29.3 Å². The van der Waals surface area contributed by atoms with Crippen LogP contribution in [0, 0.1) is 0 Å². The van der Waals surface area contributed by atoms with Crippen LogP contribution >= 0.6 is 0 Å². The Morgan fingerprint density at radius 1 is 0.794 bits per heavy atom. The SMILES string of the molecule is CCCNC(=O)c1ccc(NC(=O)c2ccc3c(c2)C(=O)N(CCc2ccccc2)C3=O)cc1. The van der Waals surface area contributed by atoms with Gasteiger partial charge in [-0.1, -0.05) is 37.3 Å². The van der Waals surface area contributed by atoms with Gasteiger partial charge in [-0.15, -0.1) is 0 Å². The van der Waals surface area contributed by atoms with Gasteiger partial charge in [0.15, 0.2) is 0 Å². The normalized spacial score (nSPS) is 12.4. The number of nitrogens with zero attached hydrogens (tertiary/aromatic N) is 1. The highest BCUT2D eigenvalue weighted by molar-refractivity contribution is 6.22. The Morgan fingerprint density at radius 3 is 2.18 bits per heavy atom. The van der Waals surface area contributed by atoms with Crippen LogP contribution in [0.25, 0.3) is 0 Å². The van der Waals surface area contributed by atoms with Crippen molar-refractivity contribution in [1.29, 1.82) is 0 Å². The maximum atomic E-state index is 12.9. The average Bonchev–Trinajstić information content (AvgIpc) is 3.11. The molecule has 4 amide bonds. The highest BCUT2D eigenvalue weighted by atomic mass is 16.2. The van der Waals surface area contributed by atoms with Crippen LogP contribution in [0.2, 0.25) is 0 Å². The summed E-state index contributed by atoms with van der Waals surface area (Å²) in [6.45, 7) is 2.85. The van der Waals surface area contributed by atoms with E-state index < -0.39 is 11.8 Å². The fourth-order valence-electron chi connectivity index (χ4n) is 3.77. The molecular weight excluding hydrogens is 430 g/mol. The van der Waals surface area contributed by atoms with Crippen molar-refractivity contribution in [2.45, 2.75) is 19.8 Å². The molecule has 0 aromatic heterocycles. The molecule has 0 unspecified atom stereocenters. The summed E-state index contributed by atoms with van der Waals surface area (Å²) in [5, 5.41) is 5.56. The molecule has 3 aromatic carbocycles. The molecule has 0 fully saturated rings. The maximum Gasteiger partial charge on any atom is 0.261 e. The molecule has 0 aliphatic carbocycles. The number of carbonyl (C=O) groups is 4. The topological polar surface area (TPSA) is 95.6 Å². The van der Waals surface area contributed by atoms with Gasteiger partial charge in [-0.2, -0.15) is 0 Å². The van der Waals surface area contributed by atoms with E-state index in [0.29, 0.717) is 29.8 Å². The van der Waals surface area contributed by atoms with Crippen molar-refractivity contribution < 1.29 is 19.2 Å². The Hall–Kier alpha value is -4.26. The molecule has 1 heterocycles. The van der Waals surface area contributed by atoms with E-state index in [1.807, 2.05) is 37.3 Å². The van der Waals surface area contributed by atoms with Gasteiger partial charge in [0.1, 0.15) is 0 Å². The minimum absolute atomic E-state index is 0.168. The van der Waals surface area contributed by atoms with Gasteiger partial charge in [0.2, 0.25) is 0 Å². The van der Waals surface area contributed by atoms with Crippen molar-refractivity contribution in [3.8, 4) is 0 Å². The van der Waals surface area contributed by atoms with Crippen LogP contribution in [0.5, 0.6) is 0 Å². The summed E-state index contributed by atoms with van der Waals surface area (Å²) in [6, 6.07) is 20.7. The first-order chi connectivity index (χ1) is 16.5. The molecule has 0 saturated heterocycles. The highest BCUT2D eigenvalue weighted by Gasteiger charge is 2.35. The standard InChI is InChI=1S/C27H25N3O4/c1-2-15-28-24(31)19-8-11-21(12-9-19)29-25(32)20-10-13-22-23(17-20)27(34)30(26(22)33)16-14-18-6-4-3-5-7-18/h3-13,17H,2,14-16H2,1H3,(H,28,31)(H,29,32). The Bertz CT molecular complexity index is 1240. The van der Waals surface area contributed by atoms with Crippen molar-refractivity contribution in [2.75, 3.05) is 18.4 Å². The fourth-order valence-corrected chi connectivity index (χ4v) is 3.77. The second-order valence-electron chi connectivity index (χ2n) is 8.05. The molecule has 1 aliphatic rings. The number of imide groups is 1. The molecule has 0 atom stereocenters. The van der Waals surface area contributed by atoms with Gasteiger partial charge in [-0.05, 0) is 60.9 Å². The molecule has 0 bridgehead atoms. The van der Waals surface area contributed by atoms with E-state index in [9.17, 15) is 19.2 Å². The number of hydrogen-bond acceptors (Lipinski definition) is 4. The zero-order chi connectivity index (χ0) is 24.1. The Labute approximate surface area is 197 Å². The first-order valence-electron chi connectivity index (χ1n) is 11.2. The summed E-state index contributed by atoms with van der Waals surface area (Å²) in [5.74, 6) is -1.32. The lowest BCUT2D eigenvalue weighted by molar-refractivity contribution is 0.0655. The van der Waals surface area contributed by atoms with Gasteiger partial charge >= 0.3 is 0 Å². The van der Waals surface area contributed by atoms with E-state index in [1.54, 1.807) is 24.3 Å². The van der Waals surface area contributed by atoms with Gasteiger partial charge in [-0.3, -0.25) is 24.1 Å². The lowest BCUT2D eigenvalue weighted by atomic mass is 10.1. The van der Waals surface area contributed by atoms with E-state index >= 15 is 0 Å². The number of amides is 4. The summed E-state index contributed by atoms with van der Waals surface area (Å²) in [4.78, 5) is 51.6. The van der Waals surface area contributed by atoms with E-state index in [2.05, 4.69) is 10.6 Å². The summed E-state index contributed by atoms with van der Waals surface area (Å²) in [7, 11) is 0. The summed E-state index contributed by atoms with van der Waals surface area (Å²) >= 11 is 0. The van der Waals surface area contributed by atoms with Crippen LogP contribution in [0.3, 0.4) is 0 Å². The molecular formula is C27H25N3O4. The van der Waals surface area contributed by atoms with Gasteiger partial charge in [0, 0.05) is 29.9 Å². The molecule has 0 radical (unpaired) electrons. The summed E-state index contributed by atoms with van der Waals surface area (Å²) in [5.41, 5.74) is 2.86. The first-order valence-corrected chi connectivity index (χ1v) is 11.2. The zero-order valence-electron chi connectivity index (χ0n) is 18.8. The van der Waals surface area contributed by atoms with Crippen LogP contribution in [-0.4, -0.2) is 41.6 Å². The molecule has 7 nitrogen and oxygen atoms in total. The first kappa shape index (κ1) is 22.9. The fraction of sp³-hybridized carbons (Fsp3) is 0.185. The van der Waals surface area contributed by atoms with E-state index in [-0.39, 0.29) is 29.5 Å². The maximum absolute atomic E-state index is 12.9. The van der Waals surface area contributed by atoms with Crippen LogP contribution in [0.1, 0.15) is 60.3 Å². The number of anilines is 1. The van der Waals surface area contributed by atoms with Gasteiger partial charge in [0.05, 0.1) is 11.1 Å². The van der Waals surface area contributed by atoms with Gasteiger partial charge < -0.3 is 10.6 Å². The van der Waals surface area contributed by atoms with E-state index in [4.69, 9.17) is 0 Å². The van der Waals surface area contributed by atoms with Crippen molar-refractivity contribution in [2.24, 2.45) is 0 Å². The largest absolute Gasteiger partial charge is 0.352 e. The number of benzene rings is 3.